The van der Waals surface area contributed by atoms with Crippen LogP contribution in [0.15, 0.2) is 176 Å². The molecular formula is C43H43NO2SSi. The monoisotopic (exact) mass is 665 g/mol. The highest BCUT2D eigenvalue weighted by molar-refractivity contribution is 8.00. The minimum atomic E-state index is -2.81. The van der Waals surface area contributed by atoms with Gasteiger partial charge in [0, 0.05) is 18.0 Å². The van der Waals surface area contributed by atoms with Gasteiger partial charge in [0.2, 0.25) is 5.88 Å². The largest absolute Gasteiger partial charge is 0.471 e. The van der Waals surface area contributed by atoms with Gasteiger partial charge < -0.3 is 9.16 Å². The number of aromatic nitrogens is 1. The maximum absolute atomic E-state index is 7.46. The van der Waals surface area contributed by atoms with Crippen LogP contribution in [0.25, 0.3) is 0 Å². The third kappa shape index (κ3) is 7.04. The first-order valence-corrected chi connectivity index (χ1v) is 19.5. The standard InChI is InChI=1S/C43H43NO2SSi/c1-42(2,3)48(39-27-15-7-16-28-39,40-29-17-8-18-30-40)45-33-38(46-41-31-19-20-32-44-41)34-47-43(35-21-9-4-10-22-35,36-23-11-5-12-24-36)37-25-13-6-14-26-37/h4-32,38H,33-34H2,1-3H3/t38-/m0/s1. The van der Waals surface area contributed by atoms with Crippen LogP contribution in [0.3, 0.4) is 0 Å². The molecule has 3 nitrogen and oxygen atoms in total. The van der Waals surface area contributed by atoms with E-state index in [0.717, 1.165) is 0 Å². The second kappa shape index (κ2) is 15.2. The Kier molecular flexibility index (Phi) is 10.6. The summed E-state index contributed by atoms with van der Waals surface area (Å²) in [5.41, 5.74) is 3.66. The normalized spacial score (nSPS) is 12.7. The van der Waals surface area contributed by atoms with E-state index in [1.165, 1.54) is 27.1 Å². The molecule has 6 rings (SSSR count). The molecule has 48 heavy (non-hydrogen) atoms. The molecule has 1 heterocycles. The molecule has 1 aromatic heterocycles. The van der Waals surface area contributed by atoms with Crippen LogP contribution >= 0.6 is 11.8 Å². The molecule has 6 aromatic rings. The Balaban J connectivity index is 1.43. The van der Waals surface area contributed by atoms with E-state index in [9.17, 15) is 0 Å². The number of hydrogen-bond donors (Lipinski definition) is 0. The first kappa shape index (κ1) is 33.5. The average Bonchev–Trinajstić information content (AvgIpc) is 3.14. The van der Waals surface area contributed by atoms with Crippen LogP contribution in [0.4, 0.5) is 0 Å². The molecule has 5 heteroatoms. The van der Waals surface area contributed by atoms with Crippen molar-refractivity contribution in [2.45, 2.75) is 36.7 Å². The number of nitrogens with zero attached hydrogens (tertiary/aromatic N) is 1. The molecule has 0 aliphatic rings. The van der Waals surface area contributed by atoms with Gasteiger partial charge in [0.15, 0.2) is 0 Å². The van der Waals surface area contributed by atoms with Crippen molar-refractivity contribution in [1.82, 2.24) is 4.98 Å². The first-order chi connectivity index (χ1) is 23.4. The van der Waals surface area contributed by atoms with E-state index in [2.05, 4.69) is 177 Å². The fourth-order valence-electron chi connectivity index (χ4n) is 6.67. The van der Waals surface area contributed by atoms with Gasteiger partial charge in [-0.25, -0.2) is 4.98 Å². The van der Waals surface area contributed by atoms with E-state index in [-0.39, 0.29) is 11.1 Å². The lowest BCUT2D eigenvalue weighted by Gasteiger charge is -2.44. The fraction of sp³-hybridized carbons (Fsp3) is 0.186. The lowest BCUT2D eigenvalue weighted by atomic mass is 9.84. The van der Waals surface area contributed by atoms with Crippen molar-refractivity contribution in [3.05, 3.63) is 193 Å². The Bertz CT molecular complexity index is 1680. The molecule has 0 aliphatic heterocycles. The molecule has 0 fully saturated rings. The Labute approximate surface area is 291 Å². The molecule has 5 aromatic carbocycles. The van der Waals surface area contributed by atoms with Gasteiger partial charge in [-0.2, -0.15) is 0 Å². The van der Waals surface area contributed by atoms with Gasteiger partial charge in [-0.3, -0.25) is 0 Å². The smallest absolute Gasteiger partial charge is 0.261 e. The van der Waals surface area contributed by atoms with Crippen molar-refractivity contribution >= 4 is 30.5 Å². The summed E-state index contributed by atoms with van der Waals surface area (Å²) in [4.78, 5) is 4.57. The quantitative estimate of drug-likeness (QED) is 0.0910. The van der Waals surface area contributed by atoms with Crippen LogP contribution in [0.5, 0.6) is 5.88 Å². The summed E-state index contributed by atoms with van der Waals surface area (Å²) in [7, 11) is -2.81. The van der Waals surface area contributed by atoms with E-state index >= 15 is 0 Å². The molecule has 0 radical (unpaired) electrons. The number of rotatable bonds is 13. The van der Waals surface area contributed by atoms with Gasteiger partial charge in [0.1, 0.15) is 6.10 Å². The Morgan fingerprint density at radius 1 is 0.562 bits per heavy atom. The summed E-state index contributed by atoms with van der Waals surface area (Å²) < 4.78 is 13.7. The molecule has 0 bridgehead atoms. The molecule has 0 spiro atoms. The van der Waals surface area contributed by atoms with Gasteiger partial charge in [-0.15, -0.1) is 11.8 Å². The summed E-state index contributed by atoms with van der Waals surface area (Å²) in [6, 6.07) is 59.9. The SMILES string of the molecule is CC(C)(C)[Si](OC[C@@H](CSC(c1ccccc1)(c1ccccc1)c1ccccc1)Oc1ccccn1)(c1ccccc1)c1ccccc1. The van der Waals surface area contributed by atoms with Gasteiger partial charge >= 0.3 is 0 Å². The maximum atomic E-state index is 7.46. The van der Waals surface area contributed by atoms with Crippen molar-refractivity contribution < 1.29 is 9.16 Å². The van der Waals surface area contributed by atoms with Gasteiger partial charge in [-0.05, 0) is 38.2 Å². The van der Waals surface area contributed by atoms with Crippen molar-refractivity contribution in [1.29, 1.82) is 0 Å². The zero-order valence-corrected chi connectivity index (χ0v) is 29.7. The van der Waals surface area contributed by atoms with Crippen LogP contribution in [0, 0.1) is 0 Å². The van der Waals surface area contributed by atoms with Gasteiger partial charge in [0.25, 0.3) is 8.32 Å². The summed E-state index contributed by atoms with van der Waals surface area (Å²) in [6.07, 6.45) is 1.49. The third-order valence-corrected chi connectivity index (χ3v) is 15.5. The summed E-state index contributed by atoms with van der Waals surface area (Å²) in [5, 5.41) is 2.35. The van der Waals surface area contributed by atoms with Crippen molar-refractivity contribution in [3.63, 3.8) is 0 Å². The van der Waals surface area contributed by atoms with E-state index < -0.39 is 13.1 Å². The maximum Gasteiger partial charge on any atom is 0.261 e. The van der Waals surface area contributed by atoms with Crippen LogP contribution < -0.4 is 15.1 Å². The highest BCUT2D eigenvalue weighted by Gasteiger charge is 2.50. The Morgan fingerprint density at radius 3 is 1.38 bits per heavy atom. The minimum absolute atomic E-state index is 0.153. The van der Waals surface area contributed by atoms with Gasteiger partial charge in [0.05, 0.1) is 11.4 Å². The molecule has 0 saturated carbocycles. The lowest BCUT2D eigenvalue weighted by Crippen LogP contribution is -2.67. The number of ether oxygens (including phenoxy) is 1. The summed E-state index contributed by atoms with van der Waals surface area (Å²) in [6.45, 7) is 7.35. The van der Waals surface area contributed by atoms with Crippen LogP contribution in [0.1, 0.15) is 37.5 Å². The zero-order valence-electron chi connectivity index (χ0n) is 27.9. The highest BCUT2D eigenvalue weighted by atomic mass is 32.2. The second-order valence-corrected chi connectivity index (χ2v) is 18.5. The first-order valence-electron chi connectivity index (χ1n) is 16.6. The predicted molar refractivity (Wildman–Crippen MR) is 204 cm³/mol. The van der Waals surface area contributed by atoms with Crippen molar-refractivity contribution in [2.24, 2.45) is 0 Å². The second-order valence-electron chi connectivity index (χ2n) is 13.0. The summed E-state index contributed by atoms with van der Waals surface area (Å²) in [5.74, 6) is 1.26. The zero-order chi connectivity index (χ0) is 33.3. The van der Waals surface area contributed by atoms with Crippen molar-refractivity contribution in [3.8, 4) is 5.88 Å². The molecule has 242 valence electrons. The molecule has 0 amide bonds. The van der Waals surface area contributed by atoms with Crippen LogP contribution in [-0.2, 0) is 9.17 Å². The number of benzene rings is 5. The van der Waals surface area contributed by atoms with Crippen molar-refractivity contribution in [2.75, 3.05) is 12.4 Å². The summed E-state index contributed by atoms with van der Waals surface area (Å²) >= 11 is 1.89. The Morgan fingerprint density at radius 2 is 0.979 bits per heavy atom. The predicted octanol–water partition coefficient (Wildman–Crippen LogP) is 9.13. The topological polar surface area (TPSA) is 31.4 Å². The molecule has 0 saturated heterocycles. The van der Waals surface area contributed by atoms with Crippen LogP contribution in [-0.4, -0.2) is 31.8 Å². The number of hydrogen-bond acceptors (Lipinski definition) is 4. The molecule has 0 N–H and O–H groups in total. The fourth-order valence-corrected chi connectivity index (χ4v) is 12.8. The molecule has 1 atom stereocenters. The molecule has 0 unspecified atom stereocenters. The minimum Gasteiger partial charge on any atom is -0.471 e. The third-order valence-electron chi connectivity index (χ3n) is 8.85. The Hall–Kier alpha value is -4.42. The van der Waals surface area contributed by atoms with E-state index in [1.807, 2.05) is 30.0 Å². The highest BCUT2D eigenvalue weighted by Crippen LogP contribution is 2.49. The molecular weight excluding hydrogens is 623 g/mol. The van der Waals surface area contributed by atoms with E-state index in [0.29, 0.717) is 18.2 Å². The molecule has 0 aliphatic carbocycles. The average molecular weight is 666 g/mol. The lowest BCUT2D eigenvalue weighted by molar-refractivity contribution is 0.135. The van der Waals surface area contributed by atoms with E-state index in [1.54, 1.807) is 6.20 Å². The number of thioether (sulfide) groups is 1. The van der Waals surface area contributed by atoms with E-state index in [4.69, 9.17) is 9.16 Å². The van der Waals surface area contributed by atoms with Crippen LogP contribution in [0.2, 0.25) is 5.04 Å². The van der Waals surface area contributed by atoms with Gasteiger partial charge in [-0.1, -0.05) is 178 Å². The number of pyridine rings is 1.